The lowest BCUT2D eigenvalue weighted by atomic mass is 9.81. The Hall–Kier alpha value is -0.130. The molecular formula is C15H30N2O2S. The normalized spacial score (nSPS) is 28.1. The van der Waals surface area contributed by atoms with Gasteiger partial charge in [0.2, 0.25) is 0 Å². The molecule has 2 fully saturated rings. The third-order valence-corrected chi connectivity index (χ3v) is 5.99. The van der Waals surface area contributed by atoms with E-state index in [1.165, 1.54) is 31.9 Å². The van der Waals surface area contributed by atoms with Crippen LogP contribution in [0.15, 0.2) is 0 Å². The average Bonchev–Trinajstić information content (AvgIpc) is 2.74. The monoisotopic (exact) mass is 302 g/mol. The van der Waals surface area contributed by atoms with Gasteiger partial charge in [-0.1, -0.05) is 33.6 Å². The third kappa shape index (κ3) is 3.74. The van der Waals surface area contributed by atoms with Crippen molar-refractivity contribution in [2.45, 2.75) is 58.0 Å². The van der Waals surface area contributed by atoms with Gasteiger partial charge in [-0.2, -0.15) is 0 Å². The van der Waals surface area contributed by atoms with Crippen LogP contribution in [0.2, 0.25) is 0 Å². The van der Waals surface area contributed by atoms with Crippen molar-refractivity contribution in [1.82, 2.24) is 10.2 Å². The Kier molecular flexibility index (Phi) is 4.53. The van der Waals surface area contributed by atoms with Crippen molar-refractivity contribution in [2.24, 2.45) is 5.41 Å². The average molecular weight is 302 g/mol. The molecule has 0 radical (unpaired) electrons. The van der Waals surface area contributed by atoms with Gasteiger partial charge in [0.05, 0.1) is 5.75 Å². The van der Waals surface area contributed by atoms with E-state index < -0.39 is 9.84 Å². The van der Waals surface area contributed by atoms with Crippen LogP contribution in [0, 0.1) is 5.41 Å². The van der Waals surface area contributed by atoms with E-state index in [2.05, 4.69) is 31.0 Å². The highest BCUT2D eigenvalue weighted by atomic mass is 32.2. The van der Waals surface area contributed by atoms with Crippen LogP contribution in [0.1, 0.15) is 46.5 Å². The SMILES string of the molecule is CC(C)(C)C1CN(CCS(C)(=O)=O)C2(CCCC2)CN1. The van der Waals surface area contributed by atoms with Gasteiger partial charge >= 0.3 is 0 Å². The molecule has 5 heteroatoms. The summed E-state index contributed by atoms with van der Waals surface area (Å²) in [7, 11) is -2.88. The van der Waals surface area contributed by atoms with E-state index in [0.29, 0.717) is 12.6 Å². The predicted molar refractivity (Wildman–Crippen MR) is 83.7 cm³/mol. The summed E-state index contributed by atoms with van der Waals surface area (Å²) in [5.41, 5.74) is 0.427. The van der Waals surface area contributed by atoms with Crippen LogP contribution in [-0.2, 0) is 9.84 Å². The molecule has 1 aliphatic heterocycles. The van der Waals surface area contributed by atoms with Gasteiger partial charge in [0.1, 0.15) is 9.84 Å². The van der Waals surface area contributed by atoms with Crippen LogP contribution < -0.4 is 5.32 Å². The molecule has 1 atom stereocenters. The number of rotatable bonds is 3. The topological polar surface area (TPSA) is 49.4 Å². The van der Waals surface area contributed by atoms with Gasteiger partial charge < -0.3 is 5.32 Å². The molecule has 1 aliphatic carbocycles. The summed E-state index contributed by atoms with van der Waals surface area (Å²) in [5.74, 6) is 0.283. The first-order chi connectivity index (χ1) is 9.12. The Labute approximate surface area is 124 Å². The third-order valence-electron chi connectivity index (χ3n) is 5.06. The van der Waals surface area contributed by atoms with Crippen LogP contribution in [-0.4, -0.2) is 56.5 Å². The fourth-order valence-electron chi connectivity index (χ4n) is 3.61. The summed E-state index contributed by atoms with van der Waals surface area (Å²) in [5, 5.41) is 3.73. The molecule has 0 bridgehead atoms. The molecule has 2 aliphatic rings. The second-order valence-corrected chi connectivity index (χ2v) is 10.1. The molecule has 0 aromatic carbocycles. The van der Waals surface area contributed by atoms with Gasteiger partial charge in [0.15, 0.2) is 0 Å². The molecule has 0 aromatic heterocycles. The Morgan fingerprint density at radius 2 is 1.85 bits per heavy atom. The number of sulfone groups is 1. The quantitative estimate of drug-likeness (QED) is 0.861. The van der Waals surface area contributed by atoms with Crippen LogP contribution >= 0.6 is 0 Å². The molecule has 0 aromatic rings. The summed E-state index contributed by atoms with van der Waals surface area (Å²) >= 11 is 0. The first kappa shape index (κ1) is 16.2. The van der Waals surface area contributed by atoms with Crippen molar-refractivity contribution in [3.8, 4) is 0 Å². The molecule has 1 unspecified atom stereocenters. The smallest absolute Gasteiger partial charge is 0.148 e. The summed E-state index contributed by atoms with van der Waals surface area (Å²) in [6.07, 6.45) is 6.31. The minimum Gasteiger partial charge on any atom is -0.310 e. The highest BCUT2D eigenvalue weighted by molar-refractivity contribution is 7.90. The van der Waals surface area contributed by atoms with E-state index in [1.807, 2.05) is 0 Å². The van der Waals surface area contributed by atoms with Gasteiger partial charge in [-0.05, 0) is 18.3 Å². The molecule has 1 saturated carbocycles. The van der Waals surface area contributed by atoms with Crippen molar-refractivity contribution in [1.29, 1.82) is 0 Å². The molecular weight excluding hydrogens is 272 g/mol. The minimum atomic E-state index is -2.88. The number of nitrogens with one attached hydrogen (secondary N) is 1. The maximum Gasteiger partial charge on any atom is 0.148 e. The van der Waals surface area contributed by atoms with Crippen LogP contribution in [0.3, 0.4) is 0 Å². The molecule has 1 saturated heterocycles. The molecule has 2 rings (SSSR count). The second kappa shape index (κ2) is 5.58. The second-order valence-electron chi connectivity index (χ2n) is 7.81. The lowest BCUT2D eigenvalue weighted by molar-refractivity contribution is 0.0220. The first-order valence-electron chi connectivity index (χ1n) is 7.79. The number of piperazine rings is 1. The van der Waals surface area contributed by atoms with Crippen molar-refractivity contribution in [3.05, 3.63) is 0 Å². The van der Waals surface area contributed by atoms with Crippen molar-refractivity contribution in [3.63, 3.8) is 0 Å². The van der Waals surface area contributed by atoms with E-state index in [-0.39, 0.29) is 16.7 Å². The molecule has 1 N–H and O–H groups in total. The molecule has 118 valence electrons. The lowest BCUT2D eigenvalue weighted by Crippen LogP contribution is -2.66. The highest BCUT2D eigenvalue weighted by Gasteiger charge is 2.45. The first-order valence-corrected chi connectivity index (χ1v) is 9.85. The number of nitrogens with zero attached hydrogens (tertiary/aromatic N) is 1. The zero-order chi connectivity index (χ0) is 15.0. The number of hydrogen-bond donors (Lipinski definition) is 1. The minimum absolute atomic E-state index is 0.212. The van der Waals surface area contributed by atoms with Crippen LogP contribution in [0.4, 0.5) is 0 Å². The van der Waals surface area contributed by atoms with E-state index in [4.69, 9.17) is 0 Å². The predicted octanol–water partition coefficient (Wildman–Crippen LogP) is 1.66. The Morgan fingerprint density at radius 1 is 1.25 bits per heavy atom. The van der Waals surface area contributed by atoms with Gasteiger partial charge in [-0.3, -0.25) is 4.90 Å². The van der Waals surface area contributed by atoms with Gasteiger partial charge in [0, 0.05) is 37.5 Å². The number of hydrogen-bond acceptors (Lipinski definition) is 4. The molecule has 4 nitrogen and oxygen atoms in total. The Bertz CT molecular complexity index is 433. The summed E-state index contributed by atoms with van der Waals surface area (Å²) in [6, 6.07) is 0.438. The fraction of sp³-hybridized carbons (Fsp3) is 1.00. The maximum absolute atomic E-state index is 11.5. The van der Waals surface area contributed by atoms with Crippen LogP contribution in [0.5, 0.6) is 0 Å². The molecule has 1 heterocycles. The standard InChI is InChI=1S/C15H30N2O2S/c1-14(2,3)13-11-17(9-10-20(4,18)19)15(12-16-13)7-5-6-8-15/h13,16H,5-12H2,1-4H3. The van der Waals surface area contributed by atoms with Crippen molar-refractivity contribution >= 4 is 9.84 Å². The Morgan fingerprint density at radius 3 is 2.35 bits per heavy atom. The van der Waals surface area contributed by atoms with E-state index in [0.717, 1.165) is 13.1 Å². The van der Waals surface area contributed by atoms with E-state index >= 15 is 0 Å². The summed E-state index contributed by atoms with van der Waals surface area (Å²) in [6.45, 7) is 9.44. The van der Waals surface area contributed by atoms with Gasteiger partial charge in [-0.15, -0.1) is 0 Å². The van der Waals surface area contributed by atoms with Gasteiger partial charge in [-0.25, -0.2) is 8.42 Å². The van der Waals surface area contributed by atoms with Gasteiger partial charge in [0.25, 0.3) is 0 Å². The molecule has 20 heavy (non-hydrogen) atoms. The lowest BCUT2D eigenvalue weighted by Gasteiger charge is -2.51. The molecule has 1 spiro atoms. The van der Waals surface area contributed by atoms with Crippen LogP contribution in [0.25, 0.3) is 0 Å². The Balaban J connectivity index is 2.11. The fourth-order valence-corrected chi connectivity index (χ4v) is 4.17. The largest absolute Gasteiger partial charge is 0.310 e. The van der Waals surface area contributed by atoms with E-state index in [1.54, 1.807) is 0 Å². The molecule has 0 amide bonds. The van der Waals surface area contributed by atoms with E-state index in [9.17, 15) is 8.42 Å². The zero-order valence-corrected chi connectivity index (χ0v) is 14.2. The van der Waals surface area contributed by atoms with Crippen molar-refractivity contribution in [2.75, 3.05) is 31.6 Å². The van der Waals surface area contributed by atoms with Crippen molar-refractivity contribution < 1.29 is 8.42 Å². The highest BCUT2D eigenvalue weighted by Crippen LogP contribution is 2.38. The zero-order valence-electron chi connectivity index (χ0n) is 13.4. The summed E-state index contributed by atoms with van der Waals surface area (Å²) in [4.78, 5) is 2.48. The maximum atomic E-state index is 11.5. The summed E-state index contributed by atoms with van der Waals surface area (Å²) < 4.78 is 23.0.